The number of nitrogens with two attached hydrogens (primary N) is 1. The van der Waals surface area contributed by atoms with E-state index < -0.39 is 0 Å². The maximum atomic E-state index is 5.85. The monoisotopic (exact) mass is 266 g/mol. The molecule has 0 radical (unpaired) electrons. The van der Waals surface area contributed by atoms with Crippen molar-refractivity contribution in [3.63, 3.8) is 0 Å². The molecule has 1 aromatic heterocycles. The van der Waals surface area contributed by atoms with Gasteiger partial charge in [-0.2, -0.15) is 0 Å². The van der Waals surface area contributed by atoms with Crippen LogP contribution in [-0.4, -0.2) is 10.3 Å². The average Bonchev–Trinajstić information content (AvgIpc) is 3.10. The molecular formula is C15H14N4O. The van der Waals surface area contributed by atoms with Crippen molar-refractivity contribution in [1.82, 2.24) is 10.3 Å². The zero-order valence-corrected chi connectivity index (χ0v) is 10.9. The summed E-state index contributed by atoms with van der Waals surface area (Å²) in [5.74, 6) is 0. The van der Waals surface area contributed by atoms with Gasteiger partial charge in [-0.15, -0.1) is 0 Å². The number of hydrogen-bond acceptors (Lipinski definition) is 5. The first-order valence-corrected chi connectivity index (χ1v) is 6.71. The van der Waals surface area contributed by atoms with Gasteiger partial charge in [0.2, 0.25) is 0 Å². The van der Waals surface area contributed by atoms with Gasteiger partial charge in [-0.25, -0.2) is 4.63 Å². The second kappa shape index (κ2) is 4.23. The summed E-state index contributed by atoms with van der Waals surface area (Å²) in [5.41, 5.74) is 12.5. The number of nitrogens with zero attached hydrogens (tertiary/aromatic N) is 2. The molecule has 0 fully saturated rings. The fourth-order valence-corrected chi connectivity index (χ4v) is 2.79. The van der Waals surface area contributed by atoms with E-state index in [1.165, 1.54) is 24.0 Å². The minimum absolute atomic E-state index is 0.570. The number of anilines is 3. The molecule has 0 saturated heterocycles. The number of aryl methyl sites for hydroxylation is 2. The van der Waals surface area contributed by atoms with Crippen molar-refractivity contribution in [2.45, 2.75) is 19.3 Å². The summed E-state index contributed by atoms with van der Waals surface area (Å²) >= 11 is 0. The molecule has 3 N–H and O–H groups in total. The third-order valence-electron chi connectivity index (χ3n) is 3.82. The SMILES string of the molecule is Nc1ccc(Nc2ccc3c(c2)CCC3)c2nonc12. The zero-order chi connectivity index (χ0) is 13.5. The molecule has 2 aromatic carbocycles. The van der Waals surface area contributed by atoms with Crippen LogP contribution in [0.1, 0.15) is 17.5 Å². The standard InChI is InChI=1S/C15H14N4O/c16-12-6-7-13(15-14(12)18-20-19-15)17-11-5-4-9-2-1-3-10(9)8-11/h4-8,17H,1-3,16H2. The van der Waals surface area contributed by atoms with Crippen LogP contribution in [0.2, 0.25) is 0 Å². The largest absolute Gasteiger partial charge is 0.397 e. The van der Waals surface area contributed by atoms with Crippen molar-refractivity contribution >= 4 is 28.1 Å². The van der Waals surface area contributed by atoms with Gasteiger partial charge in [0, 0.05) is 5.69 Å². The van der Waals surface area contributed by atoms with Crippen LogP contribution < -0.4 is 11.1 Å². The van der Waals surface area contributed by atoms with Gasteiger partial charge >= 0.3 is 0 Å². The van der Waals surface area contributed by atoms with Gasteiger partial charge in [0.1, 0.15) is 0 Å². The molecule has 5 heteroatoms. The van der Waals surface area contributed by atoms with E-state index in [9.17, 15) is 0 Å². The fraction of sp³-hybridized carbons (Fsp3) is 0.200. The minimum Gasteiger partial charge on any atom is -0.397 e. The predicted molar refractivity (Wildman–Crippen MR) is 78.0 cm³/mol. The second-order valence-corrected chi connectivity index (χ2v) is 5.13. The van der Waals surface area contributed by atoms with Crippen molar-refractivity contribution in [2.75, 3.05) is 11.1 Å². The number of rotatable bonds is 2. The quantitative estimate of drug-likeness (QED) is 0.697. The highest BCUT2D eigenvalue weighted by Crippen LogP contribution is 2.30. The summed E-state index contributed by atoms with van der Waals surface area (Å²) in [7, 11) is 0. The molecule has 1 aliphatic rings. The molecule has 5 nitrogen and oxygen atoms in total. The van der Waals surface area contributed by atoms with E-state index in [0.717, 1.165) is 17.8 Å². The summed E-state index contributed by atoms with van der Waals surface area (Å²) in [6.45, 7) is 0. The normalized spacial score (nSPS) is 13.6. The maximum absolute atomic E-state index is 5.85. The lowest BCUT2D eigenvalue weighted by Crippen LogP contribution is -1.95. The van der Waals surface area contributed by atoms with Crippen LogP contribution >= 0.6 is 0 Å². The molecule has 0 aliphatic heterocycles. The third kappa shape index (κ3) is 1.71. The van der Waals surface area contributed by atoms with Crippen molar-refractivity contribution in [2.24, 2.45) is 0 Å². The van der Waals surface area contributed by atoms with Crippen LogP contribution in [0.15, 0.2) is 35.0 Å². The minimum atomic E-state index is 0.570. The molecule has 0 unspecified atom stereocenters. The number of aromatic nitrogens is 2. The van der Waals surface area contributed by atoms with Crippen molar-refractivity contribution in [1.29, 1.82) is 0 Å². The Morgan fingerprint density at radius 3 is 2.80 bits per heavy atom. The van der Waals surface area contributed by atoms with E-state index in [2.05, 4.69) is 33.8 Å². The number of fused-ring (bicyclic) bond motifs is 2. The highest BCUT2D eigenvalue weighted by atomic mass is 16.6. The Labute approximate surface area is 115 Å². The van der Waals surface area contributed by atoms with E-state index in [1.54, 1.807) is 0 Å². The Morgan fingerprint density at radius 2 is 1.85 bits per heavy atom. The first kappa shape index (κ1) is 11.3. The molecule has 0 spiro atoms. The first-order valence-electron chi connectivity index (χ1n) is 6.71. The summed E-state index contributed by atoms with van der Waals surface area (Å²) in [6.07, 6.45) is 3.60. The van der Waals surface area contributed by atoms with Crippen LogP contribution in [0.5, 0.6) is 0 Å². The molecule has 1 aliphatic carbocycles. The van der Waals surface area contributed by atoms with Gasteiger partial charge in [-0.1, -0.05) is 6.07 Å². The second-order valence-electron chi connectivity index (χ2n) is 5.13. The highest BCUT2D eigenvalue weighted by Gasteiger charge is 2.13. The molecule has 1 heterocycles. The maximum Gasteiger partial charge on any atom is 0.160 e. The van der Waals surface area contributed by atoms with Crippen molar-refractivity contribution in [3.8, 4) is 0 Å². The topological polar surface area (TPSA) is 77.0 Å². The first-order chi connectivity index (χ1) is 9.81. The molecular weight excluding hydrogens is 252 g/mol. The zero-order valence-electron chi connectivity index (χ0n) is 10.9. The third-order valence-corrected chi connectivity index (χ3v) is 3.82. The van der Waals surface area contributed by atoms with Crippen LogP contribution in [0.4, 0.5) is 17.1 Å². The van der Waals surface area contributed by atoms with Gasteiger partial charge in [-0.3, -0.25) is 0 Å². The van der Waals surface area contributed by atoms with Crippen molar-refractivity contribution < 1.29 is 4.63 Å². The highest BCUT2D eigenvalue weighted by molar-refractivity contribution is 5.96. The van der Waals surface area contributed by atoms with E-state index in [-0.39, 0.29) is 0 Å². The molecule has 0 bridgehead atoms. The smallest absolute Gasteiger partial charge is 0.160 e. The summed E-state index contributed by atoms with van der Waals surface area (Å²) in [4.78, 5) is 0. The van der Waals surface area contributed by atoms with E-state index >= 15 is 0 Å². The van der Waals surface area contributed by atoms with Gasteiger partial charge < -0.3 is 11.1 Å². The average molecular weight is 266 g/mol. The van der Waals surface area contributed by atoms with Gasteiger partial charge in [-0.05, 0) is 65.0 Å². The molecule has 3 aromatic rings. The number of nitrogen functional groups attached to an aromatic ring is 1. The fourth-order valence-electron chi connectivity index (χ4n) is 2.79. The van der Waals surface area contributed by atoms with Crippen LogP contribution in [0.3, 0.4) is 0 Å². The lowest BCUT2D eigenvalue weighted by atomic mass is 10.1. The van der Waals surface area contributed by atoms with Gasteiger partial charge in [0.25, 0.3) is 0 Å². The Kier molecular flexibility index (Phi) is 2.39. The summed E-state index contributed by atoms with van der Waals surface area (Å²) < 4.78 is 4.78. The van der Waals surface area contributed by atoms with E-state index in [0.29, 0.717) is 16.7 Å². The van der Waals surface area contributed by atoms with E-state index in [4.69, 9.17) is 10.4 Å². The Balaban J connectivity index is 1.74. The van der Waals surface area contributed by atoms with Gasteiger partial charge in [0.05, 0.1) is 11.4 Å². The summed E-state index contributed by atoms with van der Waals surface area (Å²) in [5, 5.41) is 11.1. The van der Waals surface area contributed by atoms with Crippen LogP contribution in [0, 0.1) is 0 Å². The van der Waals surface area contributed by atoms with Crippen LogP contribution in [-0.2, 0) is 12.8 Å². The molecule has 20 heavy (non-hydrogen) atoms. The van der Waals surface area contributed by atoms with E-state index in [1.807, 2.05) is 12.1 Å². The Bertz CT molecular complexity index is 794. The number of nitrogens with one attached hydrogen (secondary N) is 1. The Hall–Kier alpha value is -2.56. The predicted octanol–water partition coefficient (Wildman–Crippen LogP) is 3.04. The van der Waals surface area contributed by atoms with Gasteiger partial charge in [0.15, 0.2) is 11.0 Å². The lowest BCUT2D eigenvalue weighted by Gasteiger charge is -2.09. The lowest BCUT2D eigenvalue weighted by molar-refractivity contribution is 0.316. The molecule has 100 valence electrons. The number of benzene rings is 2. The Morgan fingerprint density at radius 1 is 1.00 bits per heavy atom. The molecule has 4 rings (SSSR count). The summed E-state index contributed by atoms with van der Waals surface area (Å²) in [6, 6.07) is 10.2. The van der Waals surface area contributed by atoms with Crippen molar-refractivity contribution in [3.05, 3.63) is 41.5 Å². The molecule has 0 atom stereocenters. The molecule has 0 amide bonds. The molecule has 0 saturated carbocycles. The van der Waals surface area contributed by atoms with Crippen LogP contribution in [0.25, 0.3) is 11.0 Å². The number of hydrogen-bond donors (Lipinski definition) is 2.